The maximum absolute atomic E-state index is 12.4. The van der Waals surface area contributed by atoms with Gasteiger partial charge in [-0.05, 0) is 42.7 Å². The third-order valence-electron chi connectivity index (χ3n) is 4.78. The number of aromatic nitrogens is 1. The van der Waals surface area contributed by atoms with Crippen LogP contribution in [0.15, 0.2) is 48.8 Å². The van der Waals surface area contributed by atoms with Gasteiger partial charge in [0.1, 0.15) is 0 Å². The van der Waals surface area contributed by atoms with Crippen LogP contribution in [0.4, 0.5) is 5.69 Å². The van der Waals surface area contributed by atoms with E-state index in [1.807, 2.05) is 24.3 Å². The molecule has 1 fully saturated rings. The lowest BCUT2D eigenvalue weighted by Crippen LogP contribution is -2.54. The molecular weight excluding hydrogens is 328 g/mol. The predicted molar refractivity (Wildman–Crippen MR) is 100 cm³/mol. The monoisotopic (exact) mass is 352 g/mol. The van der Waals surface area contributed by atoms with Gasteiger partial charge in [0.2, 0.25) is 5.91 Å². The van der Waals surface area contributed by atoms with Crippen LogP contribution in [0.25, 0.3) is 0 Å². The number of nitrogens with zero attached hydrogens (tertiary/aromatic N) is 1. The van der Waals surface area contributed by atoms with Gasteiger partial charge >= 0.3 is 0 Å². The molecular formula is C20H24N4O2. The zero-order valence-corrected chi connectivity index (χ0v) is 14.7. The molecule has 1 aliphatic carbocycles. The summed E-state index contributed by atoms with van der Waals surface area (Å²) in [5, 5.41) is 5.79. The van der Waals surface area contributed by atoms with Crippen molar-refractivity contribution < 1.29 is 9.59 Å². The Hall–Kier alpha value is -2.73. The van der Waals surface area contributed by atoms with Crippen molar-refractivity contribution in [1.82, 2.24) is 10.3 Å². The quantitative estimate of drug-likeness (QED) is 0.770. The van der Waals surface area contributed by atoms with Crippen LogP contribution in [0.1, 0.15) is 48.0 Å². The van der Waals surface area contributed by atoms with Crippen molar-refractivity contribution >= 4 is 17.5 Å². The second kappa shape index (κ2) is 8.10. The first-order valence-corrected chi connectivity index (χ1v) is 8.94. The van der Waals surface area contributed by atoms with Crippen LogP contribution >= 0.6 is 0 Å². The van der Waals surface area contributed by atoms with Crippen LogP contribution < -0.4 is 16.4 Å². The van der Waals surface area contributed by atoms with Crippen LogP contribution in [0.5, 0.6) is 0 Å². The van der Waals surface area contributed by atoms with Crippen molar-refractivity contribution in [3.8, 4) is 0 Å². The van der Waals surface area contributed by atoms with Crippen molar-refractivity contribution in [2.75, 3.05) is 5.32 Å². The summed E-state index contributed by atoms with van der Waals surface area (Å²) < 4.78 is 0. The number of rotatable bonds is 5. The molecule has 0 aliphatic heterocycles. The molecule has 4 N–H and O–H groups in total. The molecule has 1 aromatic heterocycles. The minimum absolute atomic E-state index is 0.0941. The summed E-state index contributed by atoms with van der Waals surface area (Å²) in [4.78, 5) is 28.5. The van der Waals surface area contributed by atoms with Gasteiger partial charge in [-0.2, -0.15) is 0 Å². The Morgan fingerprint density at radius 2 is 1.81 bits per heavy atom. The predicted octanol–water partition coefficient (Wildman–Crippen LogP) is 2.61. The molecule has 1 aliphatic rings. The smallest absolute Gasteiger partial charge is 0.255 e. The minimum Gasteiger partial charge on any atom is -0.350 e. The van der Waals surface area contributed by atoms with E-state index < -0.39 is 5.54 Å². The Balaban J connectivity index is 1.59. The van der Waals surface area contributed by atoms with Gasteiger partial charge < -0.3 is 16.4 Å². The lowest BCUT2D eigenvalue weighted by Gasteiger charge is -2.31. The van der Waals surface area contributed by atoms with E-state index in [9.17, 15) is 9.59 Å². The van der Waals surface area contributed by atoms with Gasteiger partial charge in [0, 0.05) is 30.2 Å². The number of carbonyl (C=O) groups excluding carboxylic acids is 2. The molecule has 0 atom stereocenters. The topological polar surface area (TPSA) is 97.1 Å². The highest BCUT2D eigenvalue weighted by molar-refractivity contribution is 6.04. The summed E-state index contributed by atoms with van der Waals surface area (Å²) in [7, 11) is 0. The van der Waals surface area contributed by atoms with E-state index in [2.05, 4.69) is 15.6 Å². The fraction of sp³-hybridized carbons (Fsp3) is 0.350. The Morgan fingerprint density at radius 1 is 1.08 bits per heavy atom. The van der Waals surface area contributed by atoms with Gasteiger partial charge in [-0.1, -0.05) is 31.4 Å². The molecule has 2 amide bonds. The van der Waals surface area contributed by atoms with E-state index >= 15 is 0 Å². The summed E-state index contributed by atoms with van der Waals surface area (Å²) in [6.45, 7) is 0.386. The largest absolute Gasteiger partial charge is 0.350 e. The van der Waals surface area contributed by atoms with E-state index in [4.69, 9.17) is 5.73 Å². The van der Waals surface area contributed by atoms with Crippen molar-refractivity contribution in [2.24, 2.45) is 5.73 Å². The molecule has 2 aromatic rings. The zero-order valence-electron chi connectivity index (χ0n) is 14.7. The molecule has 1 aromatic carbocycles. The molecule has 6 nitrogen and oxygen atoms in total. The first-order valence-electron chi connectivity index (χ1n) is 8.94. The molecule has 136 valence electrons. The highest BCUT2D eigenvalue weighted by Crippen LogP contribution is 2.26. The van der Waals surface area contributed by atoms with E-state index in [-0.39, 0.29) is 11.8 Å². The molecule has 3 rings (SSSR count). The van der Waals surface area contributed by atoms with E-state index in [1.54, 1.807) is 24.5 Å². The lowest BCUT2D eigenvalue weighted by molar-refractivity contribution is -0.127. The fourth-order valence-electron chi connectivity index (χ4n) is 3.23. The molecule has 26 heavy (non-hydrogen) atoms. The van der Waals surface area contributed by atoms with E-state index in [0.29, 0.717) is 17.8 Å². The molecule has 0 radical (unpaired) electrons. The number of carbonyl (C=O) groups is 2. The first kappa shape index (κ1) is 18.1. The van der Waals surface area contributed by atoms with Crippen molar-refractivity contribution in [2.45, 2.75) is 44.2 Å². The van der Waals surface area contributed by atoms with Crippen molar-refractivity contribution in [3.63, 3.8) is 0 Å². The van der Waals surface area contributed by atoms with Crippen molar-refractivity contribution in [1.29, 1.82) is 0 Å². The maximum atomic E-state index is 12.4. The number of hydrogen-bond acceptors (Lipinski definition) is 4. The Bertz CT molecular complexity index is 770. The molecule has 6 heteroatoms. The van der Waals surface area contributed by atoms with Gasteiger partial charge in [0.05, 0.1) is 5.54 Å². The maximum Gasteiger partial charge on any atom is 0.255 e. The minimum atomic E-state index is -0.745. The number of benzene rings is 1. The van der Waals surface area contributed by atoms with Crippen LogP contribution in [0.3, 0.4) is 0 Å². The third-order valence-corrected chi connectivity index (χ3v) is 4.78. The highest BCUT2D eigenvalue weighted by atomic mass is 16.2. The average molecular weight is 352 g/mol. The molecule has 0 bridgehead atoms. The summed E-state index contributed by atoms with van der Waals surface area (Å²) in [6, 6.07) is 10.7. The average Bonchev–Trinajstić information content (AvgIpc) is 2.67. The molecule has 0 spiro atoms. The van der Waals surface area contributed by atoms with Crippen LogP contribution in [0.2, 0.25) is 0 Å². The van der Waals surface area contributed by atoms with Gasteiger partial charge in [0.15, 0.2) is 0 Å². The summed E-state index contributed by atoms with van der Waals surface area (Å²) in [6.07, 6.45) is 7.78. The molecule has 0 unspecified atom stereocenters. The Labute approximate surface area is 153 Å². The number of amides is 2. The SMILES string of the molecule is NC1(C(=O)NCc2cccc(NC(=O)c3ccncc3)c2)CCCCC1. The number of hydrogen-bond donors (Lipinski definition) is 3. The fourth-order valence-corrected chi connectivity index (χ4v) is 3.23. The summed E-state index contributed by atoms with van der Waals surface area (Å²) >= 11 is 0. The summed E-state index contributed by atoms with van der Waals surface area (Å²) in [5.74, 6) is -0.292. The standard InChI is InChI=1S/C20H24N4O2/c21-20(9-2-1-3-10-20)19(26)23-14-15-5-4-6-17(13-15)24-18(25)16-7-11-22-12-8-16/h4-8,11-13H,1-3,9-10,14,21H2,(H,23,26)(H,24,25). The van der Waals surface area contributed by atoms with Crippen molar-refractivity contribution in [3.05, 3.63) is 59.9 Å². The van der Waals surface area contributed by atoms with Gasteiger partial charge in [-0.25, -0.2) is 0 Å². The molecule has 1 saturated carbocycles. The third kappa shape index (κ3) is 4.46. The number of pyridine rings is 1. The second-order valence-corrected chi connectivity index (χ2v) is 6.79. The highest BCUT2D eigenvalue weighted by Gasteiger charge is 2.34. The normalized spacial score (nSPS) is 15.9. The second-order valence-electron chi connectivity index (χ2n) is 6.79. The van der Waals surface area contributed by atoms with E-state index in [1.165, 1.54) is 0 Å². The lowest BCUT2D eigenvalue weighted by atomic mass is 9.82. The zero-order chi connectivity index (χ0) is 18.4. The molecule has 0 saturated heterocycles. The first-order chi connectivity index (χ1) is 12.6. The number of anilines is 1. The van der Waals surface area contributed by atoms with Crippen LogP contribution in [-0.2, 0) is 11.3 Å². The van der Waals surface area contributed by atoms with E-state index in [0.717, 1.165) is 37.7 Å². The number of nitrogens with one attached hydrogen (secondary N) is 2. The summed E-state index contributed by atoms with van der Waals surface area (Å²) in [5.41, 5.74) is 7.64. The van der Waals surface area contributed by atoms with Crippen LogP contribution in [-0.4, -0.2) is 22.3 Å². The molecule has 1 heterocycles. The van der Waals surface area contributed by atoms with Crippen LogP contribution in [0, 0.1) is 0 Å². The number of nitrogens with two attached hydrogens (primary N) is 1. The van der Waals surface area contributed by atoms with Gasteiger partial charge in [-0.15, -0.1) is 0 Å². The Kier molecular flexibility index (Phi) is 5.63. The Morgan fingerprint density at radius 3 is 2.54 bits per heavy atom. The van der Waals surface area contributed by atoms with Gasteiger partial charge in [-0.3, -0.25) is 14.6 Å². The van der Waals surface area contributed by atoms with Gasteiger partial charge in [0.25, 0.3) is 5.91 Å².